The first-order valence-corrected chi connectivity index (χ1v) is 2.74. The number of hydrogen-bond acceptors (Lipinski definition) is 1. The zero-order valence-corrected chi connectivity index (χ0v) is 7.74. The Labute approximate surface area is 64.1 Å². The molecule has 49 valence electrons. The largest absolute Gasteiger partial charge is 0.661 e. The second kappa shape index (κ2) is 4.46. The van der Waals surface area contributed by atoms with Gasteiger partial charge in [-0.1, -0.05) is 6.42 Å². The summed E-state index contributed by atoms with van der Waals surface area (Å²) < 4.78 is 0. The van der Waals surface area contributed by atoms with Crippen LogP contribution in [0.25, 0.3) is 5.32 Å². The number of nitrogens with zero attached hydrogens (tertiary/aromatic N) is 1. The standard InChI is InChI=1S/C5H11N2.Re/c1-6-5-2-3-7-4-5;/h5-6H,2-4H2,1H3;/q-1;. The van der Waals surface area contributed by atoms with Crippen LogP contribution in [0.2, 0.25) is 0 Å². The van der Waals surface area contributed by atoms with Crippen molar-refractivity contribution in [1.29, 1.82) is 0 Å². The second-order valence-electron chi connectivity index (χ2n) is 1.90. The van der Waals surface area contributed by atoms with Crippen molar-refractivity contribution < 1.29 is 20.4 Å². The van der Waals surface area contributed by atoms with Gasteiger partial charge in [0.25, 0.3) is 0 Å². The molecule has 1 atom stereocenters. The Hall–Kier alpha value is 0.582. The van der Waals surface area contributed by atoms with Crippen molar-refractivity contribution in [3.63, 3.8) is 0 Å². The molecule has 1 N–H and O–H groups in total. The summed E-state index contributed by atoms with van der Waals surface area (Å²) in [6.07, 6.45) is 1.23. The maximum absolute atomic E-state index is 4.17. The van der Waals surface area contributed by atoms with E-state index in [1.807, 2.05) is 7.05 Å². The summed E-state index contributed by atoms with van der Waals surface area (Å²) in [7, 11) is 1.99. The Kier molecular flexibility index (Phi) is 4.78. The molecule has 0 amide bonds. The van der Waals surface area contributed by atoms with E-state index in [2.05, 4.69) is 10.6 Å². The first kappa shape index (κ1) is 8.58. The zero-order chi connectivity index (χ0) is 5.11. The van der Waals surface area contributed by atoms with Crippen LogP contribution >= 0.6 is 0 Å². The average molecular weight is 285 g/mol. The summed E-state index contributed by atoms with van der Waals surface area (Å²) in [5.41, 5.74) is 0. The maximum Gasteiger partial charge on any atom is 0 e. The van der Waals surface area contributed by atoms with Crippen LogP contribution in [0.3, 0.4) is 0 Å². The quantitative estimate of drug-likeness (QED) is 0.739. The third-order valence-corrected chi connectivity index (χ3v) is 1.39. The van der Waals surface area contributed by atoms with Gasteiger partial charge in [0.1, 0.15) is 0 Å². The van der Waals surface area contributed by atoms with Crippen LogP contribution in [0.1, 0.15) is 6.42 Å². The van der Waals surface area contributed by atoms with Gasteiger partial charge in [-0.15, -0.1) is 13.1 Å². The Morgan fingerprint density at radius 2 is 2.38 bits per heavy atom. The van der Waals surface area contributed by atoms with E-state index in [4.69, 9.17) is 0 Å². The van der Waals surface area contributed by atoms with E-state index in [0.29, 0.717) is 6.04 Å². The fourth-order valence-electron chi connectivity index (χ4n) is 0.821. The summed E-state index contributed by atoms with van der Waals surface area (Å²) in [6, 6.07) is 0.681. The minimum Gasteiger partial charge on any atom is -0.661 e. The number of likely N-dealkylation sites (N-methyl/N-ethyl adjacent to an activating group) is 1. The van der Waals surface area contributed by atoms with Gasteiger partial charge in [-0.3, -0.25) is 0 Å². The number of rotatable bonds is 1. The molecule has 0 saturated carbocycles. The molecule has 1 heterocycles. The van der Waals surface area contributed by atoms with Gasteiger partial charge in [-0.05, 0) is 13.1 Å². The van der Waals surface area contributed by atoms with Crippen molar-refractivity contribution in [2.24, 2.45) is 0 Å². The fraction of sp³-hybridized carbons (Fsp3) is 1.00. The predicted molar refractivity (Wildman–Crippen MR) is 30.6 cm³/mol. The monoisotopic (exact) mass is 286 g/mol. The van der Waals surface area contributed by atoms with E-state index < -0.39 is 0 Å². The molecule has 0 spiro atoms. The van der Waals surface area contributed by atoms with Crippen LogP contribution < -0.4 is 5.32 Å². The van der Waals surface area contributed by atoms with Crippen molar-refractivity contribution in [1.82, 2.24) is 5.32 Å². The molecule has 2 nitrogen and oxygen atoms in total. The average Bonchev–Trinajstić information content (AvgIpc) is 2.14. The fourth-order valence-corrected chi connectivity index (χ4v) is 0.821. The van der Waals surface area contributed by atoms with Gasteiger partial charge in [0.05, 0.1) is 0 Å². The molecule has 0 aliphatic carbocycles. The number of nitrogens with one attached hydrogen (secondary N) is 1. The van der Waals surface area contributed by atoms with Crippen LogP contribution in [-0.2, 0) is 20.4 Å². The molecule has 0 aromatic carbocycles. The first-order chi connectivity index (χ1) is 3.43. The van der Waals surface area contributed by atoms with Crippen LogP contribution in [0, 0.1) is 0 Å². The molecular formula is C5H11N2Re-. The third-order valence-electron chi connectivity index (χ3n) is 1.39. The molecule has 1 saturated heterocycles. The van der Waals surface area contributed by atoms with Crippen LogP contribution in [0.15, 0.2) is 0 Å². The van der Waals surface area contributed by atoms with Crippen molar-refractivity contribution in [3.8, 4) is 0 Å². The van der Waals surface area contributed by atoms with Gasteiger partial charge < -0.3 is 10.6 Å². The Morgan fingerprint density at radius 3 is 2.62 bits per heavy atom. The topological polar surface area (TPSA) is 26.1 Å². The minimum absolute atomic E-state index is 0. The van der Waals surface area contributed by atoms with Gasteiger partial charge in [-0.25, -0.2) is 0 Å². The van der Waals surface area contributed by atoms with Gasteiger partial charge in [0.2, 0.25) is 0 Å². The van der Waals surface area contributed by atoms with Crippen LogP contribution in [0.4, 0.5) is 0 Å². The number of hydrogen-bond donors (Lipinski definition) is 1. The molecule has 1 aliphatic heterocycles. The summed E-state index contributed by atoms with van der Waals surface area (Å²) in [5.74, 6) is 0. The first-order valence-electron chi connectivity index (χ1n) is 2.74. The molecule has 1 unspecified atom stereocenters. The molecular weight excluding hydrogens is 274 g/mol. The molecule has 0 aromatic rings. The molecule has 0 aromatic heterocycles. The Morgan fingerprint density at radius 1 is 1.62 bits per heavy atom. The molecule has 0 bridgehead atoms. The third kappa shape index (κ3) is 2.23. The SMILES string of the molecule is CNC1CC[N-]C1.[Re]. The summed E-state index contributed by atoms with van der Waals surface area (Å²) in [6.45, 7) is 2.09. The second-order valence-corrected chi connectivity index (χ2v) is 1.90. The zero-order valence-electron chi connectivity index (χ0n) is 5.02. The predicted octanol–water partition coefficient (Wildman–Crippen LogP) is 0.349. The van der Waals surface area contributed by atoms with E-state index in [-0.39, 0.29) is 20.4 Å². The minimum atomic E-state index is 0. The van der Waals surface area contributed by atoms with Crippen LogP contribution in [-0.4, -0.2) is 26.2 Å². The van der Waals surface area contributed by atoms with Crippen molar-refractivity contribution in [2.75, 3.05) is 20.1 Å². The van der Waals surface area contributed by atoms with Crippen molar-refractivity contribution >= 4 is 0 Å². The Balaban J connectivity index is 0.000000490. The Bertz CT molecular complexity index is 52.4. The molecule has 3 heteroatoms. The normalized spacial score (nSPS) is 27.4. The van der Waals surface area contributed by atoms with Gasteiger partial charge in [0, 0.05) is 20.4 Å². The molecule has 1 fully saturated rings. The van der Waals surface area contributed by atoms with Gasteiger partial charge in [0.15, 0.2) is 0 Å². The smallest absolute Gasteiger partial charge is 0 e. The van der Waals surface area contributed by atoms with Crippen molar-refractivity contribution in [2.45, 2.75) is 12.5 Å². The van der Waals surface area contributed by atoms with E-state index in [0.717, 1.165) is 13.1 Å². The molecule has 1 rings (SSSR count). The van der Waals surface area contributed by atoms with E-state index in [1.54, 1.807) is 0 Å². The molecule has 1 aliphatic rings. The van der Waals surface area contributed by atoms with Gasteiger partial charge in [-0.2, -0.15) is 0 Å². The van der Waals surface area contributed by atoms with Crippen LogP contribution in [0.5, 0.6) is 0 Å². The molecule has 1 radical (unpaired) electrons. The van der Waals surface area contributed by atoms with E-state index >= 15 is 0 Å². The van der Waals surface area contributed by atoms with Gasteiger partial charge >= 0.3 is 0 Å². The maximum atomic E-state index is 4.17. The van der Waals surface area contributed by atoms with Crippen molar-refractivity contribution in [3.05, 3.63) is 5.32 Å². The molecule has 8 heavy (non-hydrogen) atoms. The summed E-state index contributed by atoms with van der Waals surface area (Å²) in [5, 5.41) is 7.34. The summed E-state index contributed by atoms with van der Waals surface area (Å²) >= 11 is 0. The van der Waals surface area contributed by atoms with E-state index in [9.17, 15) is 0 Å². The summed E-state index contributed by atoms with van der Waals surface area (Å²) in [4.78, 5) is 0. The van der Waals surface area contributed by atoms with E-state index in [1.165, 1.54) is 6.42 Å².